The van der Waals surface area contributed by atoms with Crippen LogP contribution in [0.1, 0.15) is 0 Å². The van der Waals surface area contributed by atoms with E-state index in [9.17, 15) is 8.42 Å². The van der Waals surface area contributed by atoms with E-state index in [-0.39, 0.29) is 0 Å². The van der Waals surface area contributed by atoms with Crippen LogP contribution in [0.5, 0.6) is 0 Å². The second-order valence-electron chi connectivity index (χ2n) is 2.65. The Morgan fingerprint density at radius 3 is 2.85 bits per heavy atom. The molecule has 0 amide bonds. The topological polar surface area (TPSA) is 64.8 Å². The van der Waals surface area contributed by atoms with Crippen molar-refractivity contribution in [2.75, 3.05) is 6.26 Å². The molecule has 0 N–H and O–H groups in total. The number of fused-ring (bicyclic) bond motifs is 1. The summed E-state index contributed by atoms with van der Waals surface area (Å²) in [6.07, 6.45) is 3.95. The molecule has 2 aromatic heterocycles. The van der Waals surface area contributed by atoms with Gasteiger partial charge in [0.25, 0.3) is 0 Å². The lowest BCUT2D eigenvalue weighted by atomic mass is 10.4. The molecule has 0 unspecified atom stereocenters. The first-order valence-corrected chi connectivity index (χ1v) is 5.42. The molecule has 0 bridgehead atoms. The summed E-state index contributed by atoms with van der Waals surface area (Å²) in [5, 5.41) is 0. The van der Waals surface area contributed by atoms with Crippen LogP contribution < -0.4 is 0 Å². The van der Waals surface area contributed by atoms with Crippen molar-refractivity contribution in [1.82, 2.24) is 13.9 Å². The number of rotatable bonds is 1. The molecule has 0 saturated carbocycles. The van der Waals surface area contributed by atoms with Crippen LogP contribution in [0, 0.1) is 0 Å². The van der Waals surface area contributed by atoms with Gasteiger partial charge in [-0.3, -0.25) is 0 Å². The molecule has 0 atom stereocenters. The lowest BCUT2D eigenvalue weighted by molar-refractivity contribution is 0.595. The molecule has 2 rings (SSSR count). The van der Waals surface area contributed by atoms with Crippen molar-refractivity contribution in [3.05, 3.63) is 24.7 Å². The van der Waals surface area contributed by atoms with E-state index in [2.05, 4.69) is 9.97 Å². The Labute approximate surface area is 75.1 Å². The van der Waals surface area contributed by atoms with Gasteiger partial charge in [-0.25, -0.2) is 22.4 Å². The summed E-state index contributed by atoms with van der Waals surface area (Å²) in [5.41, 5.74) is 0.943. The fourth-order valence-electron chi connectivity index (χ4n) is 1.09. The second kappa shape index (κ2) is 2.53. The molecular formula is C7H7N3O2S. The van der Waals surface area contributed by atoms with Gasteiger partial charge in [-0.15, -0.1) is 0 Å². The number of nitrogens with zero attached hydrogens (tertiary/aromatic N) is 3. The number of aromatic nitrogens is 3. The molecule has 0 radical (unpaired) electrons. The van der Waals surface area contributed by atoms with E-state index in [1.807, 2.05) is 0 Å². The quantitative estimate of drug-likeness (QED) is 0.656. The van der Waals surface area contributed by atoms with Gasteiger partial charge in [0.2, 0.25) is 10.0 Å². The third-order valence-corrected chi connectivity index (χ3v) is 2.65. The minimum Gasteiger partial charge on any atom is -0.235 e. The highest BCUT2D eigenvalue weighted by molar-refractivity contribution is 7.89. The van der Waals surface area contributed by atoms with Gasteiger partial charge in [0.05, 0.1) is 6.26 Å². The van der Waals surface area contributed by atoms with Crippen molar-refractivity contribution in [2.24, 2.45) is 0 Å². The maximum absolute atomic E-state index is 11.2. The van der Waals surface area contributed by atoms with Crippen LogP contribution in [0.3, 0.4) is 0 Å². The van der Waals surface area contributed by atoms with Gasteiger partial charge < -0.3 is 0 Å². The van der Waals surface area contributed by atoms with Crippen molar-refractivity contribution in [1.29, 1.82) is 0 Å². The molecular weight excluding hydrogens is 190 g/mol. The monoisotopic (exact) mass is 197 g/mol. The van der Waals surface area contributed by atoms with Crippen LogP contribution in [0.4, 0.5) is 0 Å². The van der Waals surface area contributed by atoms with Crippen molar-refractivity contribution in [3.63, 3.8) is 0 Å². The minimum atomic E-state index is -3.27. The summed E-state index contributed by atoms with van der Waals surface area (Å²) in [6, 6.07) is 3.34. The highest BCUT2D eigenvalue weighted by atomic mass is 32.2. The Balaban J connectivity index is 2.87. The first kappa shape index (κ1) is 8.18. The lowest BCUT2D eigenvalue weighted by Gasteiger charge is -1.97. The Kier molecular flexibility index (Phi) is 1.59. The van der Waals surface area contributed by atoms with Gasteiger partial charge in [0.1, 0.15) is 11.8 Å². The third kappa shape index (κ3) is 1.29. The Morgan fingerprint density at radius 1 is 1.38 bits per heavy atom. The van der Waals surface area contributed by atoms with Crippen LogP contribution >= 0.6 is 0 Å². The van der Waals surface area contributed by atoms with Crippen molar-refractivity contribution < 1.29 is 8.42 Å². The smallest absolute Gasteiger partial charge is 0.235 e. The zero-order chi connectivity index (χ0) is 9.47. The van der Waals surface area contributed by atoms with Gasteiger partial charge in [-0.05, 0) is 12.1 Å². The van der Waals surface area contributed by atoms with E-state index in [1.165, 1.54) is 6.33 Å². The molecule has 0 fully saturated rings. The highest BCUT2D eigenvalue weighted by Crippen LogP contribution is 2.10. The van der Waals surface area contributed by atoms with Crippen LogP contribution in [0.25, 0.3) is 11.2 Å². The maximum atomic E-state index is 11.2. The number of hydrogen-bond donors (Lipinski definition) is 0. The Morgan fingerprint density at radius 2 is 2.15 bits per heavy atom. The molecule has 0 spiro atoms. The van der Waals surface area contributed by atoms with E-state index >= 15 is 0 Å². The third-order valence-electron chi connectivity index (χ3n) is 1.65. The maximum Gasteiger partial charge on any atom is 0.237 e. The summed E-state index contributed by atoms with van der Waals surface area (Å²) >= 11 is 0. The van der Waals surface area contributed by atoms with Crippen molar-refractivity contribution >= 4 is 21.2 Å². The second-order valence-corrected chi connectivity index (χ2v) is 4.51. The molecule has 5 nitrogen and oxygen atoms in total. The van der Waals surface area contributed by atoms with Crippen molar-refractivity contribution in [3.8, 4) is 0 Å². The summed E-state index contributed by atoms with van der Waals surface area (Å²) < 4.78 is 23.5. The summed E-state index contributed by atoms with van der Waals surface area (Å²) in [5.74, 6) is 0. The van der Waals surface area contributed by atoms with Crippen LogP contribution in [0.15, 0.2) is 24.7 Å². The van der Waals surface area contributed by atoms with Crippen LogP contribution in [0.2, 0.25) is 0 Å². The summed E-state index contributed by atoms with van der Waals surface area (Å²) in [7, 11) is -3.27. The molecule has 2 heterocycles. The molecule has 0 aliphatic carbocycles. The van der Waals surface area contributed by atoms with E-state index in [0.29, 0.717) is 11.2 Å². The zero-order valence-electron chi connectivity index (χ0n) is 6.88. The molecule has 0 aromatic carbocycles. The Hall–Kier alpha value is -1.43. The van der Waals surface area contributed by atoms with Gasteiger partial charge in [-0.1, -0.05) is 0 Å². The minimum absolute atomic E-state index is 0.438. The predicted octanol–water partition coefficient (Wildman–Crippen LogP) is 0.239. The number of hydrogen-bond acceptors (Lipinski definition) is 4. The summed E-state index contributed by atoms with van der Waals surface area (Å²) in [4.78, 5) is 7.78. The van der Waals surface area contributed by atoms with E-state index in [4.69, 9.17) is 0 Å². The van der Waals surface area contributed by atoms with Crippen molar-refractivity contribution in [2.45, 2.75) is 0 Å². The first-order chi connectivity index (χ1) is 6.09. The number of pyridine rings is 1. The molecule has 2 aromatic rings. The van der Waals surface area contributed by atoms with Gasteiger partial charge >= 0.3 is 0 Å². The zero-order valence-corrected chi connectivity index (χ0v) is 7.69. The van der Waals surface area contributed by atoms with Crippen LogP contribution in [-0.4, -0.2) is 28.6 Å². The van der Waals surface area contributed by atoms with E-state index in [1.54, 1.807) is 18.3 Å². The van der Waals surface area contributed by atoms with E-state index < -0.39 is 10.0 Å². The first-order valence-electron chi connectivity index (χ1n) is 3.57. The normalized spacial score (nSPS) is 12.1. The summed E-state index contributed by atoms with van der Waals surface area (Å²) in [6.45, 7) is 0. The largest absolute Gasteiger partial charge is 0.237 e. The highest BCUT2D eigenvalue weighted by Gasteiger charge is 2.10. The average molecular weight is 197 g/mol. The molecule has 0 aliphatic rings. The lowest BCUT2D eigenvalue weighted by Crippen LogP contribution is -2.08. The molecule has 0 aliphatic heterocycles. The number of imidazole rings is 1. The molecule has 68 valence electrons. The van der Waals surface area contributed by atoms with Gasteiger partial charge in [-0.2, -0.15) is 0 Å². The fourth-order valence-corrected chi connectivity index (χ4v) is 1.81. The average Bonchev–Trinajstić information content (AvgIpc) is 2.45. The Bertz CT molecular complexity index is 544. The molecule has 0 saturated heterocycles. The van der Waals surface area contributed by atoms with E-state index in [0.717, 1.165) is 10.2 Å². The SMILES string of the molecule is CS(=O)(=O)n1cnc2ncccc21. The van der Waals surface area contributed by atoms with Gasteiger partial charge in [0.15, 0.2) is 5.65 Å². The fraction of sp³-hybridized carbons (Fsp3) is 0.143. The molecule has 13 heavy (non-hydrogen) atoms. The standard InChI is InChI=1S/C7H7N3O2S/c1-13(11,12)10-5-9-7-6(10)3-2-4-8-7/h2-5H,1H3. The van der Waals surface area contributed by atoms with Gasteiger partial charge in [0, 0.05) is 6.20 Å². The molecule has 6 heteroatoms. The van der Waals surface area contributed by atoms with Crippen LogP contribution in [-0.2, 0) is 10.0 Å². The predicted molar refractivity (Wildman–Crippen MR) is 47.8 cm³/mol.